The van der Waals surface area contributed by atoms with Gasteiger partial charge in [-0.1, -0.05) is 6.07 Å². The van der Waals surface area contributed by atoms with Crippen LogP contribution < -0.4 is 11.1 Å². The van der Waals surface area contributed by atoms with Crippen molar-refractivity contribution in [2.75, 3.05) is 30.9 Å². The van der Waals surface area contributed by atoms with Crippen molar-refractivity contribution in [1.29, 1.82) is 0 Å². The van der Waals surface area contributed by atoms with Gasteiger partial charge in [0.05, 0.1) is 17.5 Å². The number of benzene rings is 1. The normalized spacial score (nSPS) is 16.3. The van der Waals surface area contributed by atoms with Crippen LogP contribution in [0.2, 0.25) is 0 Å². The number of nitrogen functional groups attached to an aromatic ring is 1. The number of carbonyl (C=O) groups excluding carboxylic acids is 1. The predicted molar refractivity (Wildman–Crippen MR) is 74.0 cm³/mol. The molecule has 1 fully saturated rings. The first kappa shape index (κ1) is 13.8. The highest BCUT2D eigenvalue weighted by molar-refractivity contribution is 5.94. The third-order valence-corrected chi connectivity index (χ3v) is 3.10. The van der Waals surface area contributed by atoms with E-state index in [0.29, 0.717) is 24.6 Å². The third-order valence-electron chi connectivity index (χ3n) is 3.10. The van der Waals surface area contributed by atoms with Crippen molar-refractivity contribution in [2.45, 2.75) is 25.9 Å². The number of hydrogen-bond donors (Lipinski definition) is 2. The van der Waals surface area contributed by atoms with Gasteiger partial charge in [-0.25, -0.2) is 0 Å². The van der Waals surface area contributed by atoms with Gasteiger partial charge < -0.3 is 20.5 Å². The van der Waals surface area contributed by atoms with Crippen molar-refractivity contribution < 1.29 is 14.3 Å². The van der Waals surface area contributed by atoms with E-state index in [0.717, 1.165) is 18.4 Å². The Morgan fingerprint density at radius 1 is 1.47 bits per heavy atom. The molecule has 0 spiro atoms. The molecule has 0 aromatic heterocycles. The minimum atomic E-state index is -0.179. The number of amides is 1. The molecule has 3 N–H and O–H groups in total. The Bertz CT molecular complexity index is 442. The van der Waals surface area contributed by atoms with Crippen LogP contribution in [0.5, 0.6) is 0 Å². The Kier molecular flexibility index (Phi) is 4.76. The van der Waals surface area contributed by atoms with Crippen LogP contribution in [0, 0.1) is 6.92 Å². The lowest BCUT2D eigenvalue weighted by molar-refractivity contribution is -0.124. The van der Waals surface area contributed by atoms with E-state index in [4.69, 9.17) is 15.2 Å². The van der Waals surface area contributed by atoms with Gasteiger partial charge in [-0.3, -0.25) is 4.79 Å². The Morgan fingerprint density at radius 2 is 2.21 bits per heavy atom. The predicted octanol–water partition coefficient (Wildman–Crippen LogP) is 1.71. The molecule has 5 heteroatoms. The highest BCUT2D eigenvalue weighted by atomic mass is 16.5. The number of aryl methyl sites for hydroxylation is 1. The van der Waals surface area contributed by atoms with E-state index in [1.54, 1.807) is 6.07 Å². The molecular formula is C14H20N2O3. The fraction of sp³-hybridized carbons (Fsp3) is 0.500. The lowest BCUT2D eigenvalue weighted by Crippen LogP contribution is -2.28. The van der Waals surface area contributed by atoms with Crippen LogP contribution in [-0.4, -0.2) is 31.8 Å². The molecule has 1 aromatic rings. The summed E-state index contributed by atoms with van der Waals surface area (Å²) in [7, 11) is 0. The average molecular weight is 264 g/mol. The standard InChI is InChI=1S/C14H20N2O3/c1-10-2-3-13(12(15)8-10)16-14(17)9-19-11-4-6-18-7-5-11/h2-3,8,11H,4-7,9,15H2,1H3,(H,16,17). The molecule has 1 heterocycles. The number of rotatable bonds is 4. The van der Waals surface area contributed by atoms with Gasteiger partial charge in [-0.2, -0.15) is 0 Å². The smallest absolute Gasteiger partial charge is 0.250 e. The van der Waals surface area contributed by atoms with Crippen LogP contribution in [0.15, 0.2) is 18.2 Å². The van der Waals surface area contributed by atoms with Crippen LogP contribution in [0.1, 0.15) is 18.4 Å². The summed E-state index contributed by atoms with van der Waals surface area (Å²) < 4.78 is 10.8. The van der Waals surface area contributed by atoms with Crippen molar-refractivity contribution in [1.82, 2.24) is 0 Å². The quantitative estimate of drug-likeness (QED) is 0.812. The van der Waals surface area contributed by atoms with Crippen molar-refractivity contribution in [2.24, 2.45) is 0 Å². The zero-order valence-electron chi connectivity index (χ0n) is 11.1. The highest BCUT2D eigenvalue weighted by Crippen LogP contribution is 2.19. The maximum absolute atomic E-state index is 11.8. The molecule has 0 aliphatic carbocycles. The fourth-order valence-corrected chi connectivity index (χ4v) is 2.02. The number of anilines is 2. The molecule has 0 atom stereocenters. The second-order valence-electron chi connectivity index (χ2n) is 4.76. The zero-order chi connectivity index (χ0) is 13.7. The Hall–Kier alpha value is -1.59. The van der Waals surface area contributed by atoms with Gasteiger partial charge in [0.25, 0.3) is 0 Å². The Morgan fingerprint density at radius 3 is 2.89 bits per heavy atom. The molecule has 1 aromatic carbocycles. The summed E-state index contributed by atoms with van der Waals surface area (Å²) in [5.41, 5.74) is 8.10. The van der Waals surface area contributed by atoms with Crippen molar-refractivity contribution in [3.63, 3.8) is 0 Å². The molecule has 0 unspecified atom stereocenters. The summed E-state index contributed by atoms with van der Waals surface area (Å²) in [6.07, 6.45) is 1.81. The number of ether oxygens (including phenoxy) is 2. The van der Waals surface area contributed by atoms with Crippen LogP contribution >= 0.6 is 0 Å². The molecule has 1 aliphatic heterocycles. The van der Waals surface area contributed by atoms with E-state index >= 15 is 0 Å². The van der Waals surface area contributed by atoms with Crippen LogP contribution in [0.3, 0.4) is 0 Å². The molecule has 2 rings (SSSR count). The van der Waals surface area contributed by atoms with Gasteiger partial charge in [0.15, 0.2) is 0 Å². The summed E-state index contributed by atoms with van der Waals surface area (Å²) in [5.74, 6) is -0.179. The van der Waals surface area contributed by atoms with Crippen molar-refractivity contribution >= 4 is 17.3 Å². The first-order chi connectivity index (χ1) is 9.15. The third kappa shape index (κ3) is 4.22. The average Bonchev–Trinajstić information content (AvgIpc) is 2.41. The first-order valence-electron chi connectivity index (χ1n) is 6.50. The lowest BCUT2D eigenvalue weighted by Gasteiger charge is -2.22. The van der Waals surface area contributed by atoms with Gasteiger partial charge >= 0.3 is 0 Å². The number of carbonyl (C=O) groups is 1. The van der Waals surface area contributed by atoms with E-state index in [-0.39, 0.29) is 18.6 Å². The maximum Gasteiger partial charge on any atom is 0.250 e. The summed E-state index contributed by atoms with van der Waals surface area (Å²) in [5, 5.41) is 2.76. The van der Waals surface area contributed by atoms with Crippen LogP contribution in [-0.2, 0) is 14.3 Å². The molecular weight excluding hydrogens is 244 g/mol. The second kappa shape index (κ2) is 6.54. The SMILES string of the molecule is Cc1ccc(NC(=O)COC2CCOCC2)c(N)c1. The number of nitrogens with one attached hydrogen (secondary N) is 1. The van der Waals surface area contributed by atoms with Crippen molar-refractivity contribution in [3.8, 4) is 0 Å². The minimum Gasteiger partial charge on any atom is -0.397 e. The molecule has 19 heavy (non-hydrogen) atoms. The number of nitrogens with two attached hydrogens (primary N) is 1. The van der Waals surface area contributed by atoms with E-state index < -0.39 is 0 Å². The monoisotopic (exact) mass is 264 g/mol. The van der Waals surface area contributed by atoms with Gasteiger partial charge in [0.1, 0.15) is 6.61 Å². The van der Waals surface area contributed by atoms with Gasteiger partial charge in [0, 0.05) is 13.2 Å². The van der Waals surface area contributed by atoms with E-state index in [9.17, 15) is 4.79 Å². The molecule has 0 saturated carbocycles. The Balaban J connectivity index is 1.80. The van der Waals surface area contributed by atoms with E-state index in [1.165, 1.54) is 0 Å². The van der Waals surface area contributed by atoms with E-state index in [1.807, 2.05) is 19.1 Å². The molecule has 0 radical (unpaired) electrons. The van der Waals surface area contributed by atoms with Gasteiger partial charge in [-0.15, -0.1) is 0 Å². The highest BCUT2D eigenvalue weighted by Gasteiger charge is 2.15. The van der Waals surface area contributed by atoms with Crippen LogP contribution in [0.25, 0.3) is 0 Å². The molecule has 1 saturated heterocycles. The fourth-order valence-electron chi connectivity index (χ4n) is 2.02. The largest absolute Gasteiger partial charge is 0.397 e. The zero-order valence-corrected chi connectivity index (χ0v) is 11.1. The topological polar surface area (TPSA) is 73.6 Å². The summed E-state index contributed by atoms with van der Waals surface area (Å²) in [6, 6.07) is 5.54. The molecule has 1 aliphatic rings. The molecule has 104 valence electrons. The maximum atomic E-state index is 11.8. The summed E-state index contributed by atoms with van der Waals surface area (Å²) >= 11 is 0. The second-order valence-corrected chi connectivity index (χ2v) is 4.76. The molecule has 1 amide bonds. The van der Waals surface area contributed by atoms with Gasteiger partial charge in [-0.05, 0) is 37.5 Å². The van der Waals surface area contributed by atoms with E-state index in [2.05, 4.69) is 5.32 Å². The van der Waals surface area contributed by atoms with Crippen molar-refractivity contribution in [3.05, 3.63) is 23.8 Å². The summed E-state index contributed by atoms with van der Waals surface area (Å²) in [6.45, 7) is 3.42. The summed E-state index contributed by atoms with van der Waals surface area (Å²) in [4.78, 5) is 11.8. The number of hydrogen-bond acceptors (Lipinski definition) is 4. The Labute approximate surface area is 113 Å². The molecule has 5 nitrogen and oxygen atoms in total. The first-order valence-corrected chi connectivity index (χ1v) is 6.50. The van der Waals surface area contributed by atoms with Gasteiger partial charge in [0.2, 0.25) is 5.91 Å². The minimum absolute atomic E-state index is 0.0536. The molecule has 0 bridgehead atoms. The van der Waals surface area contributed by atoms with Crippen LogP contribution in [0.4, 0.5) is 11.4 Å². The lowest BCUT2D eigenvalue weighted by atomic mass is 10.1.